The average Bonchev–Trinajstić information content (AvgIpc) is 3.43. The topological polar surface area (TPSA) is 64.7 Å². The predicted molar refractivity (Wildman–Crippen MR) is 114 cm³/mol. The number of para-hydroxylation sites is 2. The highest BCUT2D eigenvalue weighted by molar-refractivity contribution is 7.99. The van der Waals surface area contributed by atoms with Gasteiger partial charge in [0.2, 0.25) is 5.91 Å². The second-order valence-corrected chi connectivity index (χ2v) is 7.45. The summed E-state index contributed by atoms with van der Waals surface area (Å²) in [5.41, 5.74) is 4.20. The third-order valence-electron chi connectivity index (χ3n) is 4.53. The molecule has 2 aromatic carbocycles. The van der Waals surface area contributed by atoms with Crippen molar-refractivity contribution in [2.24, 2.45) is 0 Å². The van der Waals surface area contributed by atoms with Crippen molar-refractivity contribution in [1.82, 2.24) is 24.6 Å². The third-order valence-corrected chi connectivity index (χ3v) is 5.50. The number of benzene rings is 2. The van der Waals surface area contributed by atoms with Gasteiger partial charge in [0.15, 0.2) is 5.16 Å². The molecule has 4 rings (SSSR count). The van der Waals surface area contributed by atoms with Crippen LogP contribution in [-0.4, -0.2) is 31.0 Å². The molecule has 0 saturated carbocycles. The maximum Gasteiger partial charge on any atom is 0.230 e. The Hall–Kier alpha value is -3.32. The molecule has 7 heteroatoms. The van der Waals surface area contributed by atoms with Crippen molar-refractivity contribution in [3.8, 4) is 11.4 Å². The number of hydrogen-bond acceptors (Lipinski definition) is 4. The molecule has 29 heavy (non-hydrogen) atoms. The van der Waals surface area contributed by atoms with Crippen LogP contribution in [0.5, 0.6) is 0 Å². The Morgan fingerprint density at radius 2 is 1.79 bits per heavy atom. The SMILES string of the molecule is Cc1ccccc1-n1ccnc1SCC(=O)NCc1ccccc1-n1cccn1. The highest BCUT2D eigenvalue weighted by Gasteiger charge is 2.11. The minimum atomic E-state index is -0.0374. The molecule has 2 aromatic heterocycles. The molecule has 0 aliphatic carbocycles. The number of imidazole rings is 1. The van der Waals surface area contributed by atoms with Crippen LogP contribution >= 0.6 is 11.8 Å². The molecule has 1 amide bonds. The van der Waals surface area contributed by atoms with Crippen LogP contribution in [0.1, 0.15) is 11.1 Å². The van der Waals surface area contributed by atoms with E-state index in [0.717, 1.165) is 27.7 Å². The monoisotopic (exact) mass is 403 g/mol. The lowest BCUT2D eigenvalue weighted by Crippen LogP contribution is -2.25. The van der Waals surface area contributed by atoms with Crippen LogP contribution in [0.3, 0.4) is 0 Å². The van der Waals surface area contributed by atoms with Gasteiger partial charge in [0, 0.05) is 31.3 Å². The number of thioether (sulfide) groups is 1. The van der Waals surface area contributed by atoms with Crippen LogP contribution in [0.15, 0.2) is 84.5 Å². The molecule has 4 aromatic rings. The van der Waals surface area contributed by atoms with Crippen LogP contribution in [-0.2, 0) is 11.3 Å². The summed E-state index contributed by atoms with van der Waals surface area (Å²) in [6, 6.07) is 17.9. The number of nitrogens with one attached hydrogen (secondary N) is 1. The van der Waals surface area contributed by atoms with Gasteiger partial charge < -0.3 is 5.32 Å². The summed E-state index contributed by atoms with van der Waals surface area (Å²) in [7, 11) is 0. The van der Waals surface area contributed by atoms with E-state index in [1.807, 2.05) is 65.5 Å². The van der Waals surface area contributed by atoms with Gasteiger partial charge in [-0.25, -0.2) is 9.67 Å². The Bertz CT molecular complexity index is 1100. The van der Waals surface area contributed by atoms with E-state index in [4.69, 9.17) is 0 Å². The molecule has 0 fully saturated rings. The Balaban J connectivity index is 1.38. The average molecular weight is 404 g/mol. The summed E-state index contributed by atoms with van der Waals surface area (Å²) >= 11 is 1.42. The van der Waals surface area contributed by atoms with Gasteiger partial charge in [-0.3, -0.25) is 9.36 Å². The summed E-state index contributed by atoms with van der Waals surface area (Å²) < 4.78 is 3.82. The number of amides is 1. The lowest BCUT2D eigenvalue weighted by molar-refractivity contribution is -0.118. The second-order valence-electron chi connectivity index (χ2n) is 6.51. The summed E-state index contributed by atoms with van der Waals surface area (Å²) in [5.74, 6) is 0.261. The van der Waals surface area contributed by atoms with Crippen LogP contribution in [0.4, 0.5) is 0 Å². The maximum atomic E-state index is 12.4. The minimum Gasteiger partial charge on any atom is -0.351 e. The van der Waals surface area contributed by atoms with Gasteiger partial charge in [0.1, 0.15) is 0 Å². The van der Waals surface area contributed by atoms with E-state index in [2.05, 4.69) is 28.4 Å². The molecule has 6 nitrogen and oxygen atoms in total. The van der Waals surface area contributed by atoms with E-state index in [1.54, 1.807) is 17.1 Å². The van der Waals surface area contributed by atoms with E-state index in [0.29, 0.717) is 12.3 Å². The summed E-state index contributed by atoms with van der Waals surface area (Å²) in [4.78, 5) is 16.8. The lowest BCUT2D eigenvalue weighted by atomic mass is 10.2. The molecule has 0 aliphatic rings. The van der Waals surface area contributed by atoms with Gasteiger partial charge in [-0.05, 0) is 36.2 Å². The van der Waals surface area contributed by atoms with Crippen LogP contribution in [0, 0.1) is 6.92 Å². The zero-order chi connectivity index (χ0) is 20.1. The maximum absolute atomic E-state index is 12.4. The number of carbonyl (C=O) groups excluding carboxylic acids is 1. The number of aromatic nitrogens is 4. The molecule has 0 spiro atoms. The minimum absolute atomic E-state index is 0.0374. The first-order chi connectivity index (χ1) is 14.2. The molecule has 0 aliphatic heterocycles. The van der Waals surface area contributed by atoms with Gasteiger partial charge in [-0.1, -0.05) is 48.2 Å². The van der Waals surface area contributed by atoms with Crippen molar-refractivity contribution in [3.63, 3.8) is 0 Å². The first kappa shape index (κ1) is 19.0. The molecular formula is C22H21N5OS. The van der Waals surface area contributed by atoms with Crippen molar-refractivity contribution in [3.05, 3.63) is 90.5 Å². The fourth-order valence-corrected chi connectivity index (χ4v) is 3.88. The molecule has 2 heterocycles. The van der Waals surface area contributed by atoms with E-state index in [-0.39, 0.29) is 5.91 Å². The molecule has 0 unspecified atom stereocenters. The van der Waals surface area contributed by atoms with Gasteiger partial charge in [-0.15, -0.1) is 0 Å². The van der Waals surface area contributed by atoms with Crippen LogP contribution in [0.2, 0.25) is 0 Å². The van der Waals surface area contributed by atoms with E-state index >= 15 is 0 Å². The Morgan fingerprint density at radius 1 is 1.00 bits per heavy atom. The molecule has 0 bridgehead atoms. The predicted octanol–water partition coefficient (Wildman–Crippen LogP) is 3.77. The molecule has 0 saturated heterocycles. The van der Waals surface area contributed by atoms with Gasteiger partial charge in [-0.2, -0.15) is 5.10 Å². The lowest BCUT2D eigenvalue weighted by Gasteiger charge is -2.12. The second kappa shape index (κ2) is 8.79. The fourth-order valence-electron chi connectivity index (χ4n) is 3.08. The Kier molecular flexibility index (Phi) is 5.76. The summed E-state index contributed by atoms with van der Waals surface area (Å²) in [5, 5.41) is 8.07. The van der Waals surface area contributed by atoms with E-state index in [1.165, 1.54) is 11.8 Å². The van der Waals surface area contributed by atoms with Crippen molar-refractivity contribution in [1.29, 1.82) is 0 Å². The van der Waals surface area contributed by atoms with Gasteiger partial charge in [0.25, 0.3) is 0 Å². The van der Waals surface area contributed by atoms with Crippen molar-refractivity contribution in [2.75, 3.05) is 5.75 Å². The number of rotatable bonds is 7. The summed E-state index contributed by atoms with van der Waals surface area (Å²) in [6.45, 7) is 2.51. The first-order valence-electron chi connectivity index (χ1n) is 9.29. The van der Waals surface area contributed by atoms with Crippen molar-refractivity contribution in [2.45, 2.75) is 18.6 Å². The van der Waals surface area contributed by atoms with Crippen molar-refractivity contribution < 1.29 is 4.79 Å². The molecule has 0 atom stereocenters. The largest absolute Gasteiger partial charge is 0.351 e. The van der Waals surface area contributed by atoms with Gasteiger partial charge >= 0.3 is 0 Å². The standard InChI is InChI=1S/C22H21N5OS/c1-17-7-2-4-9-19(17)26-14-12-23-22(26)29-16-21(28)24-15-18-8-3-5-10-20(18)27-13-6-11-25-27/h2-14H,15-16H2,1H3,(H,24,28). The van der Waals surface area contributed by atoms with Crippen LogP contribution in [0.25, 0.3) is 11.4 Å². The molecular weight excluding hydrogens is 382 g/mol. The van der Waals surface area contributed by atoms with E-state index < -0.39 is 0 Å². The number of nitrogens with zero attached hydrogens (tertiary/aromatic N) is 4. The summed E-state index contributed by atoms with van der Waals surface area (Å²) in [6.07, 6.45) is 7.31. The molecule has 146 valence electrons. The number of aryl methyl sites for hydroxylation is 1. The fraction of sp³-hybridized carbons (Fsp3) is 0.136. The zero-order valence-corrected chi connectivity index (χ0v) is 16.8. The van der Waals surface area contributed by atoms with E-state index in [9.17, 15) is 4.79 Å². The van der Waals surface area contributed by atoms with Crippen LogP contribution < -0.4 is 5.32 Å². The zero-order valence-electron chi connectivity index (χ0n) is 16.0. The number of hydrogen-bond donors (Lipinski definition) is 1. The Morgan fingerprint density at radius 3 is 2.59 bits per heavy atom. The molecule has 1 N–H and O–H groups in total. The van der Waals surface area contributed by atoms with Crippen molar-refractivity contribution >= 4 is 17.7 Å². The smallest absolute Gasteiger partial charge is 0.230 e. The normalized spacial score (nSPS) is 10.8. The quantitative estimate of drug-likeness (QED) is 0.477. The molecule has 0 radical (unpaired) electrons. The first-order valence-corrected chi connectivity index (χ1v) is 10.3. The highest BCUT2D eigenvalue weighted by atomic mass is 32.2. The third kappa shape index (κ3) is 4.41. The number of carbonyl (C=O) groups is 1. The highest BCUT2D eigenvalue weighted by Crippen LogP contribution is 2.22. The van der Waals surface area contributed by atoms with Gasteiger partial charge in [0.05, 0.1) is 17.1 Å². The Labute approximate surface area is 173 Å².